The average molecular weight is 396 g/mol. The first kappa shape index (κ1) is 16.5. The van der Waals surface area contributed by atoms with Crippen molar-refractivity contribution < 1.29 is 4.39 Å². The second-order valence-electron chi connectivity index (χ2n) is 5.54. The second-order valence-corrected chi connectivity index (χ2v) is 6.84. The van der Waals surface area contributed by atoms with Gasteiger partial charge in [0.2, 0.25) is 0 Å². The molecule has 0 amide bonds. The Bertz CT molecular complexity index is 844. The lowest BCUT2D eigenvalue weighted by Gasteiger charge is -2.05. The van der Waals surface area contributed by atoms with Crippen LogP contribution in [0.1, 0.15) is 18.4 Å². The summed E-state index contributed by atoms with van der Waals surface area (Å²) in [6.07, 6.45) is 2.81. The Morgan fingerprint density at radius 3 is 2.74 bits per heavy atom. The van der Waals surface area contributed by atoms with Gasteiger partial charge < -0.3 is 10.7 Å². The maximum absolute atomic E-state index is 13.6. The van der Waals surface area contributed by atoms with E-state index in [1.165, 1.54) is 6.07 Å². The first-order valence-corrected chi connectivity index (χ1v) is 8.73. The van der Waals surface area contributed by atoms with E-state index in [1.807, 2.05) is 18.2 Å². The van der Waals surface area contributed by atoms with Crippen molar-refractivity contribution in [1.29, 1.82) is 0 Å². The fourth-order valence-corrected chi connectivity index (χ4v) is 3.78. The van der Waals surface area contributed by atoms with Crippen LogP contribution in [-0.2, 0) is 6.42 Å². The molecular formula is C18H17BrClFN2. The molecule has 0 saturated heterocycles. The predicted octanol–water partition coefficient (Wildman–Crippen LogP) is 5.67. The Morgan fingerprint density at radius 1 is 1.17 bits per heavy atom. The molecule has 1 aromatic heterocycles. The molecule has 0 radical (unpaired) electrons. The molecule has 0 bridgehead atoms. The number of rotatable bonds is 5. The third-order valence-electron chi connectivity index (χ3n) is 3.93. The molecule has 3 rings (SSSR count). The quantitative estimate of drug-likeness (QED) is 0.537. The van der Waals surface area contributed by atoms with Gasteiger partial charge >= 0.3 is 0 Å². The van der Waals surface area contributed by atoms with Gasteiger partial charge in [-0.15, -0.1) is 0 Å². The van der Waals surface area contributed by atoms with E-state index >= 15 is 0 Å². The van der Waals surface area contributed by atoms with Crippen LogP contribution in [0.15, 0.2) is 40.9 Å². The Balaban J connectivity index is 2.19. The first-order valence-electron chi connectivity index (χ1n) is 7.55. The molecule has 0 aliphatic carbocycles. The highest BCUT2D eigenvalue weighted by atomic mass is 79.9. The molecule has 1 heterocycles. The van der Waals surface area contributed by atoms with Crippen molar-refractivity contribution in [2.24, 2.45) is 5.73 Å². The van der Waals surface area contributed by atoms with Crippen LogP contribution in [0, 0.1) is 5.82 Å². The van der Waals surface area contributed by atoms with Crippen LogP contribution in [-0.4, -0.2) is 11.5 Å². The Hall–Kier alpha value is -1.36. The van der Waals surface area contributed by atoms with Crippen molar-refractivity contribution in [3.05, 3.63) is 57.3 Å². The molecule has 0 fully saturated rings. The van der Waals surface area contributed by atoms with Gasteiger partial charge in [-0.2, -0.15) is 0 Å². The van der Waals surface area contributed by atoms with Crippen LogP contribution in [0.5, 0.6) is 0 Å². The Morgan fingerprint density at radius 2 is 2.00 bits per heavy atom. The van der Waals surface area contributed by atoms with Crippen LogP contribution in [0.25, 0.3) is 22.2 Å². The van der Waals surface area contributed by atoms with Gasteiger partial charge in [0.05, 0.1) is 5.52 Å². The number of unbranched alkanes of at least 4 members (excludes halogenated alkanes) is 1. The summed E-state index contributed by atoms with van der Waals surface area (Å²) < 4.78 is 14.5. The van der Waals surface area contributed by atoms with Gasteiger partial charge in [-0.1, -0.05) is 23.7 Å². The summed E-state index contributed by atoms with van der Waals surface area (Å²) in [7, 11) is 0. The zero-order chi connectivity index (χ0) is 16.4. The number of aromatic amines is 1. The molecule has 0 saturated carbocycles. The highest BCUT2D eigenvalue weighted by molar-refractivity contribution is 9.10. The molecule has 3 aromatic rings. The van der Waals surface area contributed by atoms with Crippen LogP contribution < -0.4 is 5.73 Å². The maximum Gasteiger partial charge on any atom is 0.123 e. The third-order valence-corrected chi connectivity index (χ3v) is 4.77. The number of benzene rings is 2. The van der Waals surface area contributed by atoms with E-state index in [2.05, 4.69) is 20.9 Å². The van der Waals surface area contributed by atoms with Gasteiger partial charge in [0.1, 0.15) is 5.82 Å². The molecular weight excluding hydrogens is 379 g/mol. The van der Waals surface area contributed by atoms with Crippen molar-refractivity contribution in [2.45, 2.75) is 19.3 Å². The number of nitrogens with two attached hydrogens (primary N) is 1. The number of hydrogen-bond donors (Lipinski definition) is 2. The summed E-state index contributed by atoms with van der Waals surface area (Å²) >= 11 is 9.77. The average Bonchev–Trinajstić information content (AvgIpc) is 2.87. The zero-order valence-corrected chi connectivity index (χ0v) is 14.8. The summed E-state index contributed by atoms with van der Waals surface area (Å²) in [5.74, 6) is -0.244. The van der Waals surface area contributed by atoms with Crippen molar-refractivity contribution in [3.63, 3.8) is 0 Å². The number of fused-ring (bicyclic) bond motifs is 1. The van der Waals surface area contributed by atoms with Crippen LogP contribution >= 0.6 is 27.5 Å². The van der Waals surface area contributed by atoms with Crippen molar-refractivity contribution in [1.82, 2.24) is 4.98 Å². The van der Waals surface area contributed by atoms with Gasteiger partial charge in [-0.3, -0.25) is 0 Å². The van der Waals surface area contributed by atoms with Gasteiger partial charge in [0.15, 0.2) is 0 Å². The highest BCUT2D eigenvalue weighted by Crippen LogP contribution is 2.37. The van der Waals surface area contributed by atoms with Crippen LogP contribution in [0.3, 0.4) is 0 Å². The number of aromatic nitrogens is 1. The minimum absolute atomic E-state index is 0.244. The van der Waals surface area contributed by atoms with E-state index in [0.29, 0.717) is 11.6 Å². The normalized spacial score (nSPS) is 11.3. The van der Waals surface area contributed by atoms with Gasteiger partial charge in [0.25, 0.3) is 0 Å². The van der Waals surface area contributed by atoms with E-state index in [-0.39, 0.29) is 5.82 Å². The lowest BCUT2D eigenvalue weighted by atomic mass is 10.0. The summed E-state index contributed by atoms with van der Waals surface area (Å²) in [5.41, 5.74) is 9.53. The molecule has 0 atom stereocenters. The molecule has 120 valence electrons. The maximum atomic E-state index is 13.6. The van der Waals surface area contributed by atoms with Crippen molar-refractivity contribution >= 4 is 38.4 Å². The largest absolute Gasteiger partial charge is 0.353 e. The van der Waals surface area contributed by atoms with Crippen LogP contribution in [0.4, 0.5) is 4.39 Å². The molecule has 0 aliphatic heterocycles. The van der Waals surface area contributed by atoms with E-state index < -0.39 is 0 Å². The van der Waals surface area contributed by atoms with E-state index in [1.54, 1.807) is 12.1 Å². The van der Waals surface area contributed by atoms with Gasteiger partial charge in [-0.25, -0.2) is 4.39 Å². The molecule has 0 aliphatic rings. The second kappa shape index (κ2) is 7.04. The molecule has 3 N–H and O–H groups in total. The molecule has 2 aromatic carbocycles. The number of aryl methyl sites for hydroxylation is 1. The highest BCUT2D eigenvalue weighted by Gasteiger charge is 2.16. The predicted molar refractivity (Wildman–Crippen MR) is 98.4 cm³/mol. The number of nitrogens with one attached hydrogen (secondary N) is 1. The fourth-order valence-electron chi connectivity index (χ4n) is 2.87. The molecule has 2 nitrogen and oxygen atoms in total. The monoisotopic (exact) mass is 394 g/mol. The summed E-state index contributed by atoms with van der Waals surface area (Å²) in [6.45, 7) is 0.669. The molecule has 5 heteroatoms. The lowest BCUT2D eigenvalue weighted by molar-refractivity contribution is 0.628. The lowest BCUT2D eigenvalue weighted by Crippen LogP contribution is -1.99. The SMILES string of the molecule is NCCCCc1c(-c2cccc(F)c2)[nH]c2c(Br)cc(Cl)cc12. The van der Waals surface area contributed by atoms with E-state index in [4.69, 9.17) is 17.3 Å². The summed E-state index contributed by atoms with van der Waals surface area (Å²) in [5, 5.41) is 1.75. The smallest absolute Gasteiger partial charge is 0.123 e. The van der Waals surface area contributed by atoms with E-state index in [9.17, 15) is 4.39 Å². The first-order chi connectivity index (χ1) is 11.1. The minimum Gasteiger partial charge on any atom is -0.353 e. The van der Waals surface area contributed by atoms with Gasteiger partial charge in [0, 0.05) is 26.1 Å². The van der Waals surface area contributed by atoms with Crippen LogP contribution in [0.2, 0.25) is 5.02 Å². The Kier molecular flexibility index (Phi) is 5.05. The van der Waals surface area contributed by atoms with E-state index in [0.717, 1.165) is 51.5 Å². The Labute approximate surface area is 148 Å². The third kappa shape index (κ3) is 3.44. The minimum atomic E-state index is -0.244. The standard InChI is InChI=1S/C18H17BrClFN2/c19-16-10-12(20)9-15-14(6-1-2-7-22)17(23-18(15)16)11-4-3-5-13(21)8-11/h3-5,8-10,23H,1-2,6-7,22H2. The molecule has 0 spiro atoms. The summed E-state index contributed by atoms with van der Waals surface area (Å²) in [6, 6.07) is 10.5. The number of halogens is 3. The summed E-state index contributed by atoms with van der Waals surface area (Å²) in [4.78, 5) is 3.43. The number of hydrogen-bond acceptors (Lipinski definition) is 1. The number of H-pyrrole nitrogens is 1. The van der Waals surface area contributed by atoms with Crippen molar-refractivity contribution in [3.8, 4) is 11.3 Å². The van der Waals surface area contributed by atoms with Crippen molar-refractivity contribution in [2.75, 3.05) is 6.54 Å². The molecule has 0 unspecified atom stereocenters. The fraction of sp³-hybridized carbons (Fsp3) is 0.222. The molecule has 23 heavy (non-hydrogen) atoms. The zero-order valence-electron chi connectivity index (χ0n) is 12.5. The topological polar surface area (TPSA) is 41.8 Å². The van der Waals surface area contributed by atoms with Gasteiger partial charge in [-0.05, 0) is 71.6 Å².